The van der Waals surface area contributed by atoms with Crippen LogP contribution in [0.15, 0.2) is 37.6 Å². The Hall–Kier alpha value is -1.88. The van der Waals surface area contributed by atoms with E-state index in [2.05, 4.69) is 45.4 Å². The molecule has 1 aliphatic heterocycles. The number of aromatic nitrogens is 4. The van der Waals surface area contributed by atoms with Gasteiger partial charge in [0.25, 0.3) is 0 Å². The van der Waals surface area contributed by atoms with Crippen molar-refractivity contribution in [1.29, 1.82) is 0 Å². The van der Waals surface area contributed by atoms with Gasteiger partial charge < -0.3 is 4.57 Å². The molecule has 118 valence electrons. The van der Waals surface area contributed by atoms with E-state index in [4.69, 9.17) is 0 Å². The highest BCUT2D eigenvalue weighted by molar-refractivity contribution is 5.15. The van der Waals surface area contributed by atoms with Crippen molar-refractivity contribution in [2.75, 3.05) is 13.1 Å². The minimum Gasteiger partial charge on any atom is -0.337 e. The summed E-state index contributed by atoms with van der Waals surface area (Å²) in [5.74, 6) is 0.714. The molecule has 22 heavy (non-hydrogen) atoms. The molecule has 3 heterocycles. The van der Waals surface area contributed by atoms with E-state index < -0.39 is 0 Å². The lowest BCUT2D eigenvalue weighted by molar-refractivity contribution is 0.155. The number of hydrogen-bond acceptors (Lipinski definition) is 3. The summed E-state index contributed by atoms with van der Waals surface area (Å²) in [5.41, 5.74) is 2.48. The first-order valence-corrected chi connectivity index (χ1v) is 8.06. The molecule has 5 heteroatoms. The average Bonchev–Trinajstić information content (AvgIpc) is 3.11. The highest BCUT2D eigenvalue weighted by atomic mass is 15.3. The van der Waals surface area contributed by atoms with Gasteiger partial charge in [0, 0.05) is 43.8 Å². The highest BCUT2D eigenvalue weighted by Gasteiger charge is 2.21. The summed E-state index contributed by atoms with van der Waals surface area (Å²) in [7, 11) is 0. The van der Waals surface area contributed by atoms with Gasteiger partial charge >= 0.3 is 0 Å². The van der Waals surface area contributed by atoms with Crippen LogP contribution in [-0.2, 0) is 19.6 Å². The summed E-state index contributed by atoms with van der Waals surface area (Å²) in [4.78, 5) is 6.70. The molecule has 0 bridgehead atoms. The van der Waals surface area contributed by atoms with Crippen LogP contribution in [0.2, 0.25) is 0 Å². The summed E-state index contributed by atoms with van der Waals surface area (Å²) in [6.07, 6.45) is 12.5. The van der Waals surface area contributed by atoms with Gasteiger partial charge in [0.1, 0.15) is 0 Å². The van der Waals surface area contributed by atoms with Crippen molar-refractivity contribution >= 4 is 0 Å². The molecule has 1 saturated heterocycles. The lowest BCUT2D eigenvalue weighted by atomic mass is 9.97. The molecule has 3 rings (SSSR count). The number of nitrogens with zero attached hydrogens (tertiary/aromatic N) is 5. The number of imidazole rings is 1. The molecule has 0 saturated carbocycles. The van der Waals surface area contributed by atoms with Crippen molar-refractivity contribution < 1.29 is 0 Å². The van der Waals surface area contributed by atoms with Gasteiger partial charge in [-0.15, -0.1) is 6.58 Å². The second kappa shape index (κ2) is 6.92. The molecular formula is C17H25N5. The second-order valence-corrected chi connectivity index (χ2v) is 6.25. The molecule has 1 fully saturated rings. The molecule has 0 spiro atoms. The van der Waals surface area contributed by atoms with Gasteiger partial charge in [-0.05, 0) is 32.2 Å². The number of piperidine rings is 1. The number of rotatable bonds is 6. The molecule has 5 nitrogen and oxygen atoms in total. The molecule has 0 unspecified atom stereocenters. The maximum atomic E-state index is 4.55. The minimum absolute atomic E-state index is 0.714. The Labute approximate surface area is 132 Å². The number of hydrogen-bond donors (Lipinski definition) is 0. The topological polar surface area (TPSA) is 38.9 Å². The Balaban J connectivity index is 1.59. The van der Waals surface area contributed by atoms with Crippen molar-refractivity contribution in [2.45, 2.75) is 39.4 Å². The van der Waals surface area contributed by atoms with Gasteiger partial charge in [0.2, 0.25) is 0 Å². The molecule has 0 aromatic carbocycles. The van der Waals surface area contributed by atoms with E-state index in [0.717, 1.165) is 31.9 Å². The van der Waals surface area contributed by atoms with Crippen LogP contribution in [0.1, 0.15) is 24.1 Å². The van der Waals surface area contributed by atoms with Crippen molar-refractivity contribution in [3.05, 3.63) is 48.8 Å². The third kappa shape index (κ3) is 3.65. The summed E-state index contributed by atoms with van der Waals surface area (Å²) in [6, 6.07) is 0. The van der Waals surface area contributed by atoms with Crippen LogP contribution >= 0.6 is 0 Å². The standard InChI is InChI=1S/C17H25N5/c1-3-7-22-13-17(15(2)19-22)12-20-8-4-5-16(10-20)11-21-9-6-18-14-21/h3,6,9,13-14,16H,1,4-5,7-8,10-12H2,2H3/t16-/m1/s1. The summed E-state index contributed by atoms with van der Waals surface area (Å²) < 4.78 is 4.17. The monoisotopic (exact) mass is 299 g/mol. The third-order valence-corrected chi connectivity index (χ3v) is 4.39. The minimum atomic E-state index is 0.714. The molecule has 0 radical (unpaired) electrons. The normalized spacial score (nSPS) is 19.4. The summed E-state index contributed by atoms with van der Waals surface area (Å²) >= 11 is 0. The molecule has 2 aromatic rings. The molecule has 1 atom stereocenters. The van der Waals surface area contributed by atoms with Crippen LogP contribution in [0.5, 0.6) is 0 Å². The van der Waals surface area contributed by atoms with Crippen LogP contribution in [0.4, 0.5) is 0 Å². The van der Waals surface area contributed by atoms with E-state index in [0.29, 0.717) is 5.92 Å². The zero-order valence-corrected chi connectivity index (χ0v) is 13.4. The van der Waals surface area contributed by atoms with Crippen LogP contribution in [-0.4, -0.2) is 37.3 Å². The second-order valence-electron chi connectivity index (χ2n) is 6.25. The van der Waals surface area contributed by atoms with Gasteiger partial charge in [-0.25, -0.2) is 4.98 Å². The fourth-order valence-electron chi connectivity index (χ4n) is 3.32. The fourth-order valence-corrected chi connectivity index (χ4v) is 3.32. The van der Waals surface area contributed by atoms with Gasteiger partial charge in [-0.3, -0.25) is 9.58 Å². The van der Waals surface area contributed by atoms with Gasteiger partial charge in [-0.2, -0.15) is 5.10 Å². The Bertz CT molecular complexity index is 599. The Morgan fingerprint density at radius 2 is 2.36 bits per heavy atom. The smallest absolute Gasteiger partial charge is 0.0946 e. The predicted octanol–water partition coefficient (Wildman–Crippen LogP) is 2.49. The maximum absolute atomic E-state index is 4.55. The van der Waals surface area contributed by atoms with Crippen molar-refractivity contribution in [1.82, 2.24) is 24.2 Å². The van der Waals surface area contributed by atoms with E-state index in [1.165, 1.54) is 24.9 Å². The van der Waals surface area contributed by atoms with Crippen LogP contribution < -0.4 is 0 Å². The van der Waals surface area contributed by atoms with Crippen molar-refractivity contribution in [2.24, 2.45) is 5.92 Å². The first-order valence-electron chi connectivity index (χ1n) is 8.06. The zero-order valence-electron chi connectivity index (χ0n) is 13.4. The zero-order chi connectivity index (χ0) is 15.4. The Kier molecular flexibility index (Phi) is 4.73. The maximum Gasteiger partial charge on any atom is 0.0946 e. The van der Waals surface area contributed by atoms with Crippen molar-refractivity contribution in [3.63, 3.8) is 0 Å². The molecule has 0 N–H and O–H groups in total. The average molecular weight is 299 g/mol. The van der Waals surface area contributed by atoms with Gasteiger partial charge in [-0.1, -0.05) is 6.08 Å². The molecule has 1 aliphatic rings. The largest absolute Gasteiger partial charge is 0.337 e. The van der Waals surface area contributed by atoms with E-state index in [1.807, 2.05) is 23.3 Å². The first-order chi connectivity index (χ1) is 10.7. The first kappa shape index (κ1) is 15.0. The van der Waals surface area contributed by atoms with Crippen LogP contribution in [0.3, 0.4) is 0 Å². The molecular weight excluding hydrogens is 274 g/mol. The number of allylic oxidation sites excluding steroid dienone is 1. The highest BCUT2D eigenvalue weighted by Crippen LogP contribution is 2.21. The molecule has 0 amide bonds. The summed E-state index contributed by atoms with van der Waals surface area (Å²) in [6.45, 7) is 11.1. The Morgan fingerprint density at radius 3 is 3.14 bits per heavy atom. The SMILES string of the molecule is C=CCn1cc(CN2CCC[C@@H](Cn3ccnc3)C2)c(C)n1. The summed E-state index contributed by atoms with van der Waals surface area (Å²) in [5, 5.41) is 4.55. The van der Waals surface area contributed by atoms with Crippen LogP contribution in [0, 0.1) is 12.8 Å². The van der Waals surface area contributed by atoms with Gasteiger partial charge in [0.05, 0.1) is 18.6 Å². The number of likely N-dealkylation sites (tertiary alicyclic amines) is 1. The fraction of sp³-hybridized carbons (Fsp3) is 0.529. The van der Waals surface area contributed by atoms with Crippen LogP contribution in [0.25, 0.3) is 0 Å². The Morgan fingerprint density at radius 1 is 1.45 bits per heavy atom. The van der Waals surface area contributed by atoms with E-state index in [1.54, 1.807) is 0 Å². The third-order valence-electron chi connectivity index (χ3n) is 4.39. The lowest BCUT2D eigenvalue weighted by Gasteiger charge is -2.32. The predicted molar refractivity (Wildman–Crippen MR) is 87.4 cm³/mol. The van der Waals surface area contributed by atoms with Gasteiger partial charge in [0.15, 0.2) is 0 Å². The van der Waals surface area contributed by atoms with E-state index in [-0.39, 0.29) is 0 Å². The quantitative estimate of drug-likeness (QED) is 0.769. The number of aryl methyl sites for hydroxylation is 1. The molecule has 0 aliphatic carbocycles. The van der Waals surface area contributed by atoms with E-state index >= 15 is 0 Å². The molecule has 2 aromatic heterocycles. The van der Waals surface area contributed by atoms with E-state index in [9.17, 15) is 0 Å². The van der Waals surface area contributed by atoms with Crippen molar-refractivity contribution in [3.8, 4) is 0 Å². The lowest BCUT2D eigenvalue weighted by Crippen LogP contribution is -2.36.